The highest BCUT2D eigenvalue weighted by Gasteiger charge is 2.33. The number of carbonyl (C=O) groups is 1. The highest BCUT2D eigenvalue weighted by atomic mass is 32.1. The van der Waals surface area contributed by atoms with Crippen LogP contribution in [0.25, 0.3) is 10.8 Å². The SMILES string of the molecule is CCCCn1nc(C(=O)N2CCC[C@H]2c2cccs2)c2ccccc2c1=O. The van der Waals surface area contributed by atoms with E-state index in [1.54, 1.807) is 17.4 Å². The third-order valence-corrected chi connectivity index (χ3v) is 6.15. The molecule has 1 fully saturated rings. The number of fused-ring (bicyclic) bond motifs is 1. The fourth-order valence-corrected chi connectivity index (χ4v) is 4.65. The van der Waals surface area contributed by atoms with Gasteiger partial charge < -0.3 is 4.90 Å². The van der Waals surface area contributed by atoms with E-state index < -0.39 is 0 Å². The van der Waals surface area contributed by atoms with E-state index in [1.165, 1.54) is 9.56 Å². The van der Waals surface area contributed by atoms with Crippen LogP contribution in [0.5, 0.6) is 0 Å². The minimum Gasteiger partial charge on any atom is -0.329 e. The van der Waals surface area contributed by atoms with E-state index in [1.807, 2.05) is 29.2 Å². The molecule has 27 heavy (non-hydrogen) atoms. The van der Waals surface area contributed by atoms with Crippen LogP contribution in [0.15, 0.2) is 46.6 Å². The van der Waals surface area contributed by atoms with E-state index in [0.29, 0.717) is 23.0 Å². The van der Waals surface area contributed by atoms with E-state index in [0.717, 1.165) is 32.2 Å². The summed E-state index contributed by atoms with van der Waals surface area (Å²) in [5.41, 5.74) is 0.275. The molecule has 2 aromatic heterocycles. The van der Waals surface area contributed by atoms with Crippen molar-refractivity contribution in [2.24, 2.45) is 0 Å². The summed E-state index contributed by atoms with van der Waals surface area (Å²) in [6, 6.07) is 11.5. The Hall–Kier alpha value is -2.47. The Bertz CT molecular complexity index is 1010. The lowest BCUT2D eigenvalue weighted by Crippen LogP contribution is -2.34. The molecule has 0 unspecified atom stereocenters. The number of thiophene rings is 1. The van der Waals surface area contributed by atoms with Gasteiger partial charge in [0.1, 0.15) is 0 Å². The van der Waals surface area contributed by atoms with Gasteiger partial charge in [0.25, 0.3) is 11.5 Å². The Labute approximate surface area is 162 Å². The highest BCUT2D eigenvalue weighted by Crippen LogP contribution is 2.35. The van der Waals surface area contributed by atoms with E-state index in [9.17, 15) is 9.59 Å². The number of carbonyl (C=O) groups excluding carboxylic acids is 1. The zero-order valence-electron chi connectivity index (χ0n) is 15.4. The maximum absolute atomic E-state index is 13.5. The number of rotatable bonds is 5. The van der Waals surface area contributed by atoms with Crippen LogP contribution in [0.2, 0.25) is 0 Å². The molecule has 0 radical (unpaired) electrons. The summed E-state index contributed by atoms with van der Waals surface area (Å²) in [6.07, 6.45) is 3.79. The number of unbranched alkanes of at least 4 members (excludes halogenated alkanes) is 1. The monoisotopic (exact) mass is 381 g/mol. The molecule has 0 bridgehead atoms. The fourth-order valence-electron chi connectivity index (χ4n) is 3.78. The minimum absolute atomic E-state index is 0.0765. The molecule has 3 aromatic rings. The highest BCUT2D eigenvalue weighted by molar-refractivity contribution is 7.10. The van der Waals surface area contributed by atoms with Gasteiger partial charge >= 0.3 is 0 Å². The lowest BCUT2D eigenvalue weighted by Gasteiger charge is -2.24. The van der Waals surface area contributed by atoms with Gasteiger partial charge in [-0.15, -0.1) is 11.3 Å². The third kappa shape index (κ3) is 3.30. The first-order chi connectivity index (χ1) is 13.2. The summed E-state index contributed by atoms with van der Waals surface area (Å²) in [5.74, 6) is -0.0765. The second-order valence-electron chi connectivity index (χ2n) is 6.95. The second kappa shape index (κ2) is 7.64. The van der Waals surface area contributed by atoms with Crippen molar-refractivity contribution >= 4 is 28.0 Å². The summed E-state index contributed by atoms with van der Waals surface area (Å²) in [7, 11) is 0. The average molecular weight is 382 g/mol. The topological polar surface area (TPSA) is 55.2 Å². The Balaban J connectivity index is 1.79. The number of aryl methyl sites for hydroxylation is 1. The van der Waals surface area contributed by atoms with Crippen LogP contribution in [-0.2, 0) is 6.54 Å². The van der Waals surface area contributed by atoms with Crippen LogP contribution in [0, 0.1) is 0 Å². The van der Waals surface area contributed by atoms with Gasteiger partial charge in [-0.1, -0.05) is 37.6 Å². The molecule has 3 heterocycles. The number of hydrogen-bond donors (Lipinski definition) is 0. The predicted octanol–water partition coefficient (Wildman–Crippen LogP) is 4.24. The molecule has 6 heteroatoms. The van der Waals surface area contributed by atoms with Gasteiger partial charge in [-0.3, -0.25) is 9.59 Å². The molecule has 1 aromatic carbocycles. The van der Waals surface area contributed by atoms with Gasteiger partial charge in [-0.25, -0.2) is 4.68 Å². The van der Waals surface area contributed by atoms with E-state index in [4.69, 9.17) is 0 Å². The smallest absolute Gasteiger partial charge is 0.275 e. The number of amides is 1. The van der Waals surface area contributed by atoms with Crippen molar-refractivity contribution in [2.75, 3.05) is 6.54 Å². The van der Waals surface area contributed by atoms with Crippen LogP contribution in [0.4, 0.5) is 0 Å². The fraction of sp³-hybridized carbons (Fsp3) is 0.381. The Morgan fingerprint density at radius 3 is 2.78 bits per heavy atom. The minimum atomic E-state index is -0.119. The largest absolute Gasteiger partial charge is 0.329 e. The van der Waals surface area contributed by atoms with Crippen LogP contribution in [-0.4, -0.2) is 27.1 Å². The lowest BCUT2D eigenvalue weighted by atomic mass is 10.1. The molecule has 140 valence electrons. The van der Waals surface area contributed by atoms with Gasteiger partial charge in [-0.05, 0) is 36.8 Å². The van der Waals surface area contributed by atoms with Crippen molar-refractivity contribution < 1.29 is 4.79 Å². The number of likely N-dealkylation sites (tertiary alicyclic amines) is 1. The molecule has 1 atom stereocenters. The van der Waals surface area contributed by atoms with Crippen molar-refractivity contribution in [3.05, 3.63) is 62.7 Å². The standard InChI is InChI=1S/C21H23N3O2S/c1-2-3-13-24-20(25)16-9-5-4-8-15(16)19(22-24)21(26)23-12-6-10-17(23)18-11-7-14-27-18/h4-5,7-9,11,14,17H,2-3,6,10,12-13H2,1H3/t17-/m0/s1. The van der Waals surface area contributed by atoms with Gasteiger partial charge in [0.15, 0.2) is 5.69 Å². The molecule has 1 aliphatic heterocycles. The van der Waals surface area contributed by atoms with E-state index >= 15 is 0 Å². The number of benzene rings is 1. The third-order valence-electron chi connectivity index (χ3n) is 5.18. The zero-order valence-corrected chi connectivity index (χ0v) is 16.2. The molecule has 1 saturated heterocycles. The van der Waals surface area contributed by atoms with Crippen LogP contribution in [0.3, 0.4) is 0 Å². The molecule has 0 saturated carbocycles. The van der Waals surface area contributed by atoms with Gasteiger partial charge in [0.05, 0.1) is 11.4 Å². The molecular formula is C21H23N3O2S. The summed E-state index contributed by atoms with van der Waals surface area (Å²) < 4.78 is 1.47. The molecular weight excluding hydrogens is 358 g/mol. The first-order valence-electron chi connectivity index (χ1n) is 9.55. The molecule has 1 amide bonds. The van der Waals surface area contributed by atoms with Crippen LogP contribution >= 0.6 is 11.3 Å². The number of hydrogen-bond acceptors (Lipinski definition) is 4. The molecule has 5 nitrogen and oxygen atoms in total. The number of aromatic nitrogens is 2. The summed E-state index contributed by atoms with van der Waals surface area (Å²) >= 11 is 1.69. The molecule has 0 aliphatic carbocycles. The van der Waals surface area contributed by atoms with Crippen molar-refractivity contribution in [3.8, 4) is 0 Å². The van der Waals surface area contributed by atoms with Crippen molar-refractivity contribution in [3.63, 3.8) is 0 Å². The zero-order chi connectivity index (χ0) is 18.8. The maximum atomic E-state index is 13.5. The Morgan fingerprint density at radius 1 is 1.22 bits per heavy atom. The number of nitrogens with zero attached hydrogens (tertiary/aromatic N) is 3. The predicted molar refractivity (Wildman–Crippen MR) is 108 cm³/mol. The first kappa shape index (κ1) is 17.9. The van der Waals surface area contributed by atoms with Gasteiger partial charge in [-0.2, -0.15) is 5.10 Å². The van der Waals surface area contributed by atoms with Crippen molar-refractivity contribution in [1.82, 2.24) is 14.7 Å². The van der Waals surface area contributed by atoms with E-state index in [2.05, 4.69) is 23.5 Å². The quantitative estimate of drug-likeness (QED) is 0.664. The molecule has 0 N–H and O–H groups in total. The second-order valence-corrected chi connectivity index (χ2v) is 7.93. The van der Waals surface area contributed by atoms with Crippen molar-refractivity contribution in [1.29, 1.82) is 0 Å². The summed E-state index contributed by atoms with van der Waals surface area (Å²) in [5, 5.41) is 7.78. The maximum Gasteiger partial charge on any atom is 0.275 e. The van der Waals surface area contributed by atoms with Crippen LogP contribution < -0.4 is 5.56 Å². The normalized spacial score (nSPS) is 16.9. The molecule has 0 spiro atoms. The van der Waals surface area contributed by atoms with Gasteiger partial charge in [0.2, 0.25) is 0 Å². The van der Waals surface area contributed by atoms with E-state index in [-0.39, 0.29) is 17.5 Å². The Morgan fingerprint density at radius 2 is 2.04 bits per heavy atom. The molecule has 4 rings (SSSR count). The first-order valence-corrected chi connectivity index (χ1v) is 10.4. The van der Waals surface area contributed by atoms with Crippen LogP contribution in [0.1, 0.15) is 54.0 Å². The van der Waals surface area contributed by atoms with Crippen molar-refractivity contribution in [2.45, 2.75) is 45.2 Å². The molecule has 1 aliphatic rings. The average Bonchev–Trinajstić information content (AvgIpc) is 3.38. The lowest BCUT2D eigenvalue weighted by molar-refractivity contribution is 0.0731. The van der Waals surface area contributed by atoms with Gasteiger partial charge in [0, 0.05) is 23.4 Å². The summed E-state index contributed by atoms with van der Waals surface area (Å²) in [4.78, 5) is 29.4. The Kier molecular flexibility index (Phi) is 5.07. The summed E-state index contributed by atoms with van der Waals surface area (Å²) in [6.45, 7) is 3.34.